The highest BCUT2D eigenvalue weighted by Gasteiger charge is 2.31. The van der Waals surface area contributed by atoms with Gasteiger partial charge in [0.05, 0.1) is 18.3 Å². The number of aromatic nitrogens is 4. The lowest BCUT2D eigenvalue weighted by Crippen LogP contribution is -2.36. The molecular formula is C20H31N5O2. The lowest BCUT2D eigenvalue weighted by molar-refractivity contribution is -0.00179. The van der Waals surface area contributed by atoms with Gasteiger partial charge in [0.2, 0.25) is 0 Å². The van der Waals surface area contributed by atoms with Crippen molar-refractivity contribution < 1.29 is 9.47 Å². The van der Waals surface area contributed by atoms with Crippen molar-refractivity contribution in [1.82, 2.24) is 19.5 Å². The fourth-order valence-corrected chi connectivity index (χ4v) is 3.35. The summed E-state index contributed by atoms with van der Waals surface area (Å²) in [7, 11) is 1.68. The SMILES string of the molecule is CCn1ccnc1[C@H]1OCCC[C@@H]1Nc1cc(COC)nc(C(C)(C)C)n1. The minimum Gasteiger partial charge on any atom is -0.378 e. The molecule has 2 aromatic rings. The molecule has 148 valence electrons. The van der Waals surface area contributed by atoms with E-state index in [1.165, 1.54) is 0 Å². The minimum absolute atomic E-state index is 0.0902. The summed E-state index contributed by atoms with van der Waals surface area (Å²) in [6.45, 7) is 10.6. The second-order valence-corrected chi connectivity index (χ2v) is 8.01. The van der Waals surface area contributed by atoms with Crippen LogP contribution in [0.15, 0.2) is 18.5 Å². The van der Waals surface area contributed by atoms with Crippen molar-refractivity contribution in [3.05, 3.63) is 35.8 Å². The number of methoxy groups -OCH3 is 1. The maximum absolute atomic E-state index is 6.11. The zero-order chi connectivity index (χ0) is 19.4. The van der Waals surface area contributed by atoms with Gasteiger partial charge in [0.15, 0.2) is 0 Å². The Hall–Kier alpha value is -1.99. The van der Waals surface area contributed by atoms with E-state index in [0.29, 0.717) is 6.61 Å². The molecule has 0 unspecified atom stereocenters. The number of hydrogen-bond acceptors (Lipinski definition) is 6. The average molecular weight is 374 g/mol. The van der Waals surface area contributed by atoms with Crippen LogP contribution in [0.25, 0.3) is 0 Å². The first-order valence-corrected chi connectivity index (χ1v) is 9.69. The topological polar surface area (TPSA) is 74.1 Å². The molecule has 1 aliphatic rings. The number of imidazole rings is 1. The van der Waals surface area contributed by atoms with Crippen molar-refractivity contribution in [1.29, 1.82) is 0 Å². The van der Waals surface area contributed by atoms with Gasteiger partial charge in [-0.3, -0.25) is 0 Å². The number of nitrogens with one attached hydrogen (secondary N) is 1. The maximum Gasteiger partial charge on any atom is 0.140 e. The number of aryl methyl sites for hydroxylation is 1. The Bertz CT molecular complexity index is 753. The maximum atomic E-state index is 6.11. The van der Waals surface area contributed by atoms with Gasteiger partial charge in [-0.15, -0.1) is 0 Å². The van der Waals surface area contributed by atoms with Crippen molar-refractivity contribution >= 4 is 5.82 Å². The molecule has 3 rings (SSSR count). The highest BCUT2D eigenvalue weighted by atomic mass is 16.5. The Balaban J connectivity index is 1.88. The van der Waals surface area contributed by atoms with Crippen molar-refractivity contribution in [2.24, 2.45) is 0 Å². The smallest absolute Gasteiger partial charge is 0.140 e. The molecule has 3 heterocycles. The standard InChI is InChI=1S/C20H31N5O2/c1-6-25-10-9-21-18(25)17-15(8-7-11-27-17)23-16-12-14(13-26-5)22-19(24-16)20(2,3)4/h9-10,12,15,17H,6-8,11,13H2,1-5H3,(H,22,23,24)/t15-,17-/m0/s1. The van der Waals surface area contributed by atoms with Gasteiger partial charge in [0.1, 0.15) is 23.6 Å². The third-order valence-corrected chi connectivity index (χ3v) is 4.74. The molecule has 1 aliphatic heterocycles. The van der Waals surface area contributed by atoms with Crippen molar-refractivity contribution in [2.45, 2.75) is 71.2 Å². The number of rotatable bonds is 6. The molecule has 0 spiro atoms. The second-order valence-electron chi connectivity index (χ2n) is 8.01. The third kappa shape index (κ3) is 4.65. The van der Waals surface area contributed by atoms with E-state index >= 15 is 0 Å². The summed E-state index contributed by atoms with van der Waals surface area (Å²) in [5.41, 5.74) is 0.740. The predicted octanol–water partition coefficient (Wildman–Crippen LogP) is 3.47. The molecule has 0 saturated carbocycles. The molecule has 1 N–H and O–H groups in total. The van der Waals surface area contributed by atoms with E-state index in [-0.39, 0.29) is 17.6 Å². The van der Waals surface area contributed by atoms with Gasteiger partial charge in [-0.1, -0.05) is 20.8 Å². The van der Waals surface area contributed by atoms with Crippen molar-refractivity contribution in [2.75, 3.05) is 19.0 Å². The third-order valence-electron chi connectivity index (χ3n) is 4.74. The zero-order valence-electron chi connectivity index (χ0n) is 17.0. The molecule has 1 fully saturated rings. The molecule has 2 aromatic heterocycles. The summed E-state index contributed by atoms with van der Waals surface area (Å²) < 4.78 is 13.5. The molecule has 1 saturated heterocycles. The van der Waals surface area contributed by atoms with Crippen LogP contribution in [0.1, 0.15) is 64.0 Å². The molecular weight excluding hydrogens is 342 g/mol. The van der Waals surface area contributed by atoms with E-state index in [1.54, 1.807) is 7.11 Å². The van der Waals surface area contributed by atoms with Crippen molar-refractivity contribution in [3.8, 4) is 0 Å². The fraction of sp³-hybridized carbons (Fsp3) is 0.650. The summed E-state index contributed by atoms with van der Waals surface area (Å²) in [6, 6.07) is 2.08. The van der Waals surface area contributed by atoms with Gasteiger partial charge in [0, 0.05) is 44.1 Å². The van der Waals surface area contributed by atoms with Crippen molar-refractivity contribution in [3.63, 3.8) is 0 Å². The van der Waals surface area contributed by atoms with Gasteiger partial charge in [-0.2, -0.15) is 0 Å². The highest BCUT2D eigenvalue weighted by molar-refractivity contribution is 5.39. The van der Waals surface area contributed by atoms with E-state index in [1.807, 2.05) is 18.5 Å². The van der Waals surface area contributed by atoms with Crippen LogP contribution in [0.3, 0.4) is 0 Å². The lowest BCUT2D eigenvalue weighted by Gasteiger charge is -2.33. The number of ether oxygens (including phenoxy) is 2. The molecule has 0 radical (unpaired) electrons. The second kappa shape index (κ2) is 8.35. The normalized spacial score (nSPS) is 20.6. The van der Waals surface area contributed by atoms with Crippen LogP contribution in [0.4, 0.5) is 5.82 Å². The molecule has 27 heavy (non-hydrogen) atoms. The van der Waals surface area contributed by atoms with Crippen LogP contribution in [-0.4, -0.2) is 39.3 Å². The average Bonchev–Trinajstić information content (AvgIpc) is 3.10. The number of anilines is 1. The van der Waals surface area contributed by atoms with Gasteiger partial charge in [0.25, 0.3) is 0 Å². The van der Waals surface area contributed by atoms with E-state index < -0.39 is 0 Å². The van der Waals surface area contributed by atoms with Crippen LogP contribution in [0.2, 0.25) is 0 Å². The molecule has 7 heteroatoms. The van der Waals surface area contributed by atoms with Gasteiger partial charge in [-0.25, -0.2) is 15.0 Å². The first-order chi connectivity index (χ1) is 12.9. The monoisotopic (exact) mass is 373 g/mol. The summed E-state index contributed by atoms with van der Waals surface area (Å²) in [6.07, 6.45) is 5.78. The Kier molecular flexibility index (Phi) is 6.11. The van der Waals surface area contributed by atoms with E-state index in [4.69, 9.17) is 14.5 Å². The van der Waals surface area contributed by atoms with E-state index in [2.05, 4.69) is 47.5 Å². The summed E-state index contributed by atoms with van der Waals surface area (Å²) in [5, 5.41) is 3.60. The Morgan fingerprint density at radius 1 is 1.33 bits per heavy atom. The quantitative estimate of drug-likeness (QED) is 0.836. The zero-order valence-corrected chi connectivity index (χ0v) is 17.0. The summed E-state index contributed by atoms with van der Waals surface area (Å²) in [4.78, 5) is 14.0. The molecule has 0 amide bonds. The number of nitrogens with zero attached hydrogens (tertiary/aromatic N) is 4. The number of hydrogen-bond donors (Lipinski definition) is 1. The van der Waals surface area contributed by atoms with Gasteiger partial charge >= 0.3 is 0 Å². The van der Waals surface area contributed by atoms with Crippen LogP contribution in [-0.2, 0) is 28.0 Å². The molecule has 0 aromatic carbocycles. The summed E-state index contributed by atoms with van der Waals surface area (Å²) >= 11 is 0. The molecule has 2 atom stereocenters. The molecule has 0 aliphatic carbocycles. The van der Waals surface area contributed by atoms with Crippen LogP contribution in [0, 0.1) is 0 Å². The Morgan fingerprint density at radius 2 is 2.15 bits per heavy atom. The minimum atomic E-state index is -0.138. The van der Waals surface area contributed by atoms with E-state index in [9.17, 15) is 0 Å². The lowest BCUT2D eigenvalue weighted by atomic mass is 9.95. The molecule has 7 nitrogen and oxygen atoms in total. The summed E-state index contributed by atoms with van der Waals surface area (Å²) in [5.74, 6) is 2.59. The van der Waals surface area contributed by atoms with Gasteiger partial charge < -0.3 is 19.4 Å². The highest BCUT2D eigenvalue weighted by Crippen LogP contribution is 2.30. The Labute approximate surface area is 161 Å². The molecule has 0 bridgehead atoms. The fourth-order valence-electron chi connectivity index (χ4n) is 3.35. The Morgan fingerprint density at radius 3 is 2.85 bits per heavy atom. The van der Waals surface area contributed by atoms with Crippen LogP contribution >= 0.6 is 0 Å². The predicted molar refractivity (Wildman–Crippen MR) is 105 cm³/mol. The first-order valence-electron chi connectivity index (χ1n) is 9.69. The van der Waals surface area contributed by atoms with Crippen LogP contribution < -0.4 is 5.32 Å². The first kappa shape index (κ1) is 19.8. The largest absolute Gasteiger partial charge is 0.378 e. The van der Waals surface area contributed by atoms with Gasteiger partial charge in [-0.05, 0) is 19.8 Å². The van der Waals surface area contributed by atoms with Crippen LogP contribution in [0.5, 0.6) is 0 Å². The van der Waals surface area contributed by atoms with E-state index in [0.717, 1.165) is 49.2 Å².